The molecular weight excluding hydrogens is 204 g/mol. The van der Waals surface area contributed by atoms with Gasteiger partial charge in [-0.05, 0) is 32.4 Å². The topological polar surface area (TPSA) is 38.0 Å². The molecule has 1 heterocycles. The van der Waals surface area contributed by atoms with Crippen molar-refractivity contribution in [3.63, 3.8) is 0 Å². The highest BCUT2D eigenvalue weighted by atomic mass is 32.1. The largest absolute Gasteiger partial charge is 0.324 e. The Morgan fingerprint density at radius 1 is 1.47 bits per heavy atom. The molecule has 1 aromatic rings. The van der Waals surface area contributed by atoms with E-state index in [2.05, 4.69) is 38.2 Å². The Hall–Kier alpha value is -0.380. The maximum atomic E-state index is 6.14. The lowest BCUT2D eigenvalue weighted by Gasteiger charge is -2.24. The zero-order chi connectivity index (χ0) is 11.3. The number of nitrogens with two attached hydrogens (primary N) is 1. The number of rotatable bonds is 6. The number of hydrogen-bond donors (Lipinski definition) is 2. The Morgan fingerprint density at radius 2 is 2.20 bits per heavy atom. The third kappa shape index (κ3) is 4.78. The van der Waals surface area contributed by atoms with Crippen molar-refractivity contribution in [3.8, 4) is 0 Å². The summed E-state index contributed by atoms with van der Waals surface area (Å²) in [6.07, 6.45) is 2.22. The van der Waals surface area contributed by atoms with Crippen LogP contribution in [0, 0.1) is 6.92 Å². The Balaban J connectivity index is 2.27. The van der Waals surface area contributed by atoms with Crippen LogP contribution in [0.25, 0.3) is 0 Å². The van der Waals surface area contributed by atoms with Crippen LogP contribution in [0.4, 0.5) is 0 Å². The minimum absolute atomic E-state index is 0.0684. The predicted molar refractivity (Wildman–Crippen MR) is 68.3 cm³/mol. The summed E-state index contributed by atoms with van der Waals surface area (Å²) in [7, 11) is 0. The van der Waals surface area contributed by atoms with Crippen molar-refractivity contribution in [2.75, 3.05) is 6.54 Å². The molecule has 0 amide bonds. The van der Waals surface area contributed by atoms with Gasteiger partial charge in [-0.25, -0.2) is 0 Å². The van der Waals surface area contributed by atoms with Crippen molar-refractivity contribution in [3.05, 3.63) is 21.9 Å². The van der Waals surface area contributed by atoms with Crippen LogP contribution in [0.1, 0.15) is 36.4 Å². The molecule has 0 aliphatic heterocycles. The molecule has 3 heteroatoms. The second kappa shape index (κ2) is 5.64. The van der Waals surface area contributed by atoms with Gasteiger partial charge < -0.3 is 11.1 Å². The van der Waals surface area contributed by atoms with Crippen LogP contribution in [-0.4, -0.2) is 12.1 Å². The van der Waals surface area contributed by atoms with E-state index in [1.165, 1.54) is 9.75 Å². The van der Waals surface area contributed by atoms with Gasteiger partial charge in [-0.3, -0.25) is 0 Å². The second-order valence-corrected chi connectivity index (χ2v) is 5.89. The summed E-state index contributed by atoms with van der Waals surface area (Å²) in [6.45, 7) is 8.25. The first-order chi connectivity index (χ1) is 7.03. The van der Waals surface area contributed by atoms with Gasteiger partial charge in [0.2, 0.25) is 0 Å². The van der Waals surface area contributed by atoms with Gasteiger partial charge in [-0.1, -0.05) is 13.3 Å². The molecule has 0 aliphatic carbocycles. The molecule has 2 nitrogen and oxygen atoms in total. The third-order valence-corrected chi connectivity index (χ3v) is 3.45. The van der Waals surface area contributed by atoms with Crippen molar-refractivity contribution in [2.24, 2.45) is 5.73 Å². The molecule has 15 heavy (non-hydrogen) atoms. The number of thiophene rings is 1. The van der Waals surface area contributed by atoms with Gasteiger partial charge in [0.15, 0.2) is 0 Å². The van der Waals surface area contributed by atoms with E-state index in [1.54, 1.807) is 0 Å². The molecule has 1 rings (SSSR count). The Bertz CT molecular complexity index is 292. The molecule has 0 saturated heterocycles. The number of nitrogens with one attached hydrogen (secondary N) is 1. The van der Waals surface area contributed by atoms with Crippen molar-refractivity contribution in [1.82, 2.24) is 5.32 Å². The highest BCUT2D eigenvalue weighted by Crippen LogP contribution is 2.15. The minimum atomic E-state index is -0.0684. The van der Waals surface area contributed by atoms with E-state index in [1.807, 2.05) is 11.3 Å². The lowest BCUT2D eigenvalue weighted by Crippen LogP contribution is -2.45. The zero-order valence-electron chi connectivity index (χ0n) is 9.97. The first-order valence-corrected chi connectivity index (χ1v) is 6.40. The quantitative estimate of drug-likeness (QED) is 0.782. The molecule has 0 spiro atoms. The molecule has 1 atom stereocenters. The van der Waals surface area contributed by atoms with Gasteiger partial charge >= 0.3 is 0 Å². The Labute approximate surface area is 96.9 Å². The van der Waals surface area contributed by atoms with E-state index >= 15 is 0 Å². The fraction of sp³-hybridized carbons (Fsp3) is 0.667. The normalized spacial score (nSPS) is 15.2. The van der Waals surface area contributed by atoms with Crippen molar-refractivity contribution in [1.29, 1.82) is 0 Å². The molecule has 86 valence electrons. The lowest BCUT2D eigenvalue weighted by molar-refractivity contribution is 0.397. The van der Waals surface area contributed by atoms with Gasteiger partial charge in [0, 0.05) is 28.4 Å². The van der Waals surface area contributed by atoms with Gasteiger partial charge in [0.1, 0.15) is 0 Å². The van der Waals surface area contributed by atoms with Gasteiger partial charge in [0.25, 0.3) is 0 Å². The van der Waals surface area contributed by atoms with E-state index in [-0.39, 0.29) is 5.54 Å². The fourth-order valence-electron chi connectivity index (χ4n) is 1.71. The van der Waals surface area contributed by atoms with E-state index in [0.717, 1.165) is 25.9 Å². The molecule has 0 saturated carbocycles. The monoisotopic (exact) mass is 226 g/mol. The molecule has 3 N–H and O–H groups in total. The summed E-state index contributed by atoms with van der Waals surface area (Å²) in [5.74, 6) is 0. The Kier molecular flexibility index (Phi) is 4.77. The van der Waals surface area contributed by atoms with Crippen molar-refractivity contribution in [2.45, 2.75) is 45.7 Å². The zero-order valence-corrected chi connectivity index (χ0v) is 10.8. The van der Waals surface area contributed by atoms with Crippen LogP contribution >= 0.6 is 11.3 Å². The maximum absolute atomic E-state index is 6.14. The summed E-state index contributed by atoms with van der Waals surface area (Å²) in [6, 6.07) is 4.34. The van der Waals surface area contributed by atoms with Crippen LogP contribution in [-0.2, 0) is 6.54 Å². The van der Waals surface area contributed by atoms with Crippen molar-refractivity contribution >= 4 is 11.3 Å². The van der Waals surface area contributed by atoms with Crippen LogP contribution in [0.2, 0.25) is 0 Å². The minimum Gasteiger partial charge on any atom is -0.324 e. The molecule has 1 aromatic heterocycles. The SMILES string of the molecule is CCCC(C)(N)CNCc1ccc(C)s1. The number of aryl methyl sites for hydroxylation is 1. The fourth-order valence-corrected chi connectivity index (χ4v) is 2.57. The average molecular weight is 226 g/mol. The second-order valence-electron chi connectivity index (χ2n) is 4.52. The summed E-state index contributed by atoms with van der Waals surface area (Å²) in [5.41, 5.74) is 6.07. The first kappa shape index (κ1) is 12.7. The average Bonchev–Trinajstić information content (AvgIpc) is 2.51. The molecular formula is C12H22N2S. The van der Waals surface area contributed by atoms with Gasteiger partial charge in [-0.2, -0.15) is 0 Å². The van der Waals surface area contributed by atoms with Crippen LogP contribution in [0.15, 0.2) is 12.1 Å². The summed E-state index contributed by atoms with van der Waals surface area (Å²) in [4.78, 5) is 2.76. The van der Waals surface area contributed by atoms with E-state index in [9.17, 15) is 0 Å². The molecule has 0 aromatic carbocycles. The lowest BCUT2D eigenvalue weighted by atomic mass is 9.98. The summed E-state index contributed by atoms with van der Waals surface area (Å²) in [5, 5.41) is 3.43. The van der Waals surface area contributed by atoms with E-state index < -0.39 is 0 Å². The molecule has 0 radical (unpaired) electrons. The van der Waals surface area contributed by atoms with Gasteiger partial charge in [-0.15, -0.1) is 11.3 Å². The molecule has 0 aliphatic rings. The van der Waals surface area contributed by atoms with E-state index in [0.29, 0.717) is 0 Å². The smallest absolute Gasteiger partial charge is 0.0300 e. The number of hydrogen-bond acceptors (Lipinski definition) is 3. The standard InChI is InChI=1S/C12H22N2S/c1-4-7-12(3,13)9-14-8-11-6-5-10(2)15-11/h5-6,14H,4,7-9,13H2,1-3H3. The first-order valence-electron chi connectivity index (χ1n) is 5.58. The predicted octanol–water partition coefficient (Wildman–Crippen LogP) is 2.66. The van der Waals surface area contributed by atoms with Gasteiger partial charge in [0.05, 0.1) is 0 Å². The summed E-state index contributed by atoms with van der Waals surface area (Å²) < 4.78 is 0. The molecule has 0 fully saturated rings. The molecule has 0 bridgehead atoms. The highest BCUT2D eigenvalue weighted by Gasteiger charge is 2.15. The maximum Gasteiger partial charge on any atom is 0.0300 e. The highest BCUT2D eigenvalue weighted by molar-refractivity contribution is 7.11. The molecule has 1 unspecified atom stereocenters. The van der Waals surface area contributed by atoms with Crippen molar-refractivity contribution < 1.29 is 0 Å². The Morgan fingerprint density at radius 3 is 2.73 bits per heavy atom. The summed E-state index contributed by atoms with van der Waals surface area (Å²) >= 11 is 1.85. The third-order valence-electron chi connectivity index (χ3n) is 2.45. The van der Waals surface area contributed by atoms with Crippen LogP contribution in [0.5, 0.6) is 0 Å². The van der Waals surface area contributed by atoms with Crippen LogP contribution in [0.3, 0.4) is 0 Å². The van der Waals surface area contributed by atoms with E-state index in [4.69, 9.17) is 5.73 Å². The van der Waals surface area contributed by atoms with Crippen LogP contribution < -0.4 is 11.1 Å².